The van der Waals surface area contributed by atoms with Gasteiger partial charge in [-0.15, -0.1) is 24.8 Å². The molecule has 0 radical (unpaired) electrons. The van der Waals surface area contributed by atoms with Gasteiger partial charge in [0.2, 0.25) is 0 Å². The van der Waals surface area contributed by atoms with Crippen LogP contribution in [0.25, 0.3) is 5.69 Å². The number of rotatable bonds is 3. The number of piperidine rings is 1. The highest BCUT2D eigenvalue weighted by atomic mass is 35.5. The fourth-order valence-corrected chi connectivity index (χ4v) is 2.48. The average molecular weight is 343 g/mol. The van der Waals surface area contributed by atoms with Crippen molar-refractivity contribution in [3.05, 3.63) is 48.5 Å². The van der Waals surface area contributed by atoms with Crippen molar-refractivity contribution >= 4 is 30.7 Å². The number of amides is 1. The number of hydrogen-bond donors (Lipinski definition) is 2. The van der Waals surface area contributed by atoms with Crippen LogP contribution in [0.3, 0.4) is 0 Å². The maximum absolute atomic E-state index is 12.4. The molecule has 1 aromatic carbocycles. The number of aromatic nitrogens is 2. The van der Waals surface area contributed by atoms with E-state index in [1.165, 1.54) is 0 Å². The number of hydrogen-bond acceptors (Lipinski definition) is 3. The molecule has 7 heteroatoms. The molecule has 5 nitrogen and oxygen atoms in total. The van der Waals surface area contributed by atoms with Crippen LogP contribution in [0.4, 0.5) is 0 Å². The number of carbonyl (C=O) groups is 1. The van der Waals surface area contributed by atoms with Gasteiger partial charge in [-0.2, -0.15) is 0 Å². The molecule has 0 saturated carbocycles. The van der Waals surface area contributed by atoms with Crippen molar-refractivity contribution in [2.24, 2.45) is 0 Å². The summed E-state index contributed by atoms with van der Waals surface area (Å²) in [6.07, 6.45) is 5.24. The van der Waals surface area contributed by atoms with Crippen LogP contribution < -0.4 is 10.6 Å². The van der Waals surface area contributed by atoms with E-state index in [9.17, 15) is 4.79 Å². The van der Waals surface area contributed by atoms with Gasteiger partial charge in [0.05, 0.1) is 12.5 Å². The van der Waals surface area contributed by atoms with E-state index < -0.39 is 0 Å². The van der Waals surface area contributed by atoms with Crippen molar-refractivity contribution in [3.8, 4) is 5.69 Å². The number of nitrogens with zero attached hydrogens (tertiary/aromatic N) is 2. The van der Waals surface area contributed by atoms with Gasteiger partial charge in [0.1, 0.15) is 5.69 Å². The zero-order valence-corrected chi connectivity index (χ0v) is 13.7. The quantitative estimate of drug-likeness (QED) is 0.898. The Hall–Kier alpha value is -1.56. The molecule has 22 heavy (non-hydrogen) atoms. The average Bonchev–Trinajstić information content (AvgIpc) is 2.99. The Morgan fingerprint density at radius 2 is 1.86 bits per heavy atom. The topological polar surface area (TPSA) is 59.0 Å². The van der Waals surface area contributed by atoms with E-state index >= 15 is 0 Å². The highest BCUT2D eigenvalue weighted by Gasteiger charge is 2.19. The predicted molar refractivity (Wildman–Crippen MR) is 91.4 cm³/mol. The van der Waals surface area contributed by atoms with Gasteiger partial charge in [-0.1, -0.05) is 18.2 Å². The van der Waals surface area contributed by atoms with Crippen molar-refractivity contribution in [3.63, 3.8) is 0 Å². The third-order valence-corrected chi connectivity index (χ3v) is 3.58. The highest BCUT2D eigenvalue weighted by molar-refractivity contribution is 5.93. The molecule has 1 aromatic heterocycles. The molecule has 1 saturated heterocycles. The molecule has 1 aliphatic rings. The molecule has 1 fully saturated rings. The zero-order chi connectivity index (χ0) is 13.8. The van der Waals surface area contributed by atoms with Gasteiger partial charge >= 0.3 is 0 Å². The summed E-state index contributed by atoms with van der Waals surface area (Å²) in [5.74, 6) is -0.0572. The number of nitrogens with one attached hydrogen (secondary N) is 2. The standard InChI is InChI=1S/C15H18N4O.2ClH/c20-15(18-12-6-8-16-9-7-12)14-10-17-11-19(14)13-4-2-1-3-5-13;;/h1-5,10-12,16H,6-9H2,(H,18,20);2*1H. The Balaban J connectivity index is 0.00000121. The van der Waals surface area contributed by atoms with E-state index in [1.807, 2.05) is 34.9 Å². The predicted octanol–water partition coefficient (Wildman–Crippen LogP) is 2.20. The van der Waals surface area contributed by atoms with Crippen LogP contribution in [0.2, 0.25) is 0 Å². The zero-order valence-electron chi connectivity index (χ0n) is 12.1. The minimum absolute atomic E-state index is 0. The van der Waals surface area contributed by atoms with Gasteiger partial charge < -0.3 is 10.6 Å². The van der Waals surface area contributed by atoms with Crippen molar-refractivity contribution in [2.45, 2.75) is 18.9 Å². The van der Waals surface area contributed by atoms with Crippen LogP contribution in [0.5, 0.6) is 0 Å². The van der Waals surface area contributed by atoms with Crippen LogP contribution >= 0.6 is 24.8 Å². The van der Waals surface area contributed by atoms with E-state index in [2.05, 4.69) is 15.6 Å². The summed E-state index contributed by atoms with van der Waals surface area (Å²) in [5.41, 5.74) is 1.52. The first-order valence-electron chi connectivity index (χ1n) is 6.94. The third-order valence-electron chi connectivity index (χ3n) is 3.58. The van der Waals surface area contributed by atoms with E-state index in [-0.39, 0.29) is 36.8 Å². The molecule has 0 aliphatic carbocycles. The van der Waals surface area contributed by atoms with Crippen LogP contribution in [0.1, 0.15) is 23.3 Å². The second kappa shape index (κ2) is 8.78. The first kappa shape index (κ1) is 18.5. The lowest BCUT2D eigenvalue weighted by Gasteiger charge is -2.23. The number of halogens is 2. The summed E-state index contributed by atoms with van der Waals surface area (Å²) in [6.45, 7) is 1.92. The lowest BCUT2D eigenvalue weighted by atomic mass is 10.1. The van der Waals surface area contributed by atoms with Crippen LogP contribution in [0.15, 0.2) is 42.9 Å². The van der Waals surface area contributed by atoms with E-state index in [0.29, 0.717) is 5.69 Å². The van der Waals surface area contributed by atoms with Crippen molar-refractivity contribution < 1.29 is 4.79 Å². The fraction of sp³-hybridized carbons (Fsp3) is 0.333. The number of para-hydroxylation sites is 1. The van der Waals surface area contributed by atoms with Gasteiger partial charge in [-0.3, -0.25) is 9.36 Å². The molecule has 2 N–H and O–H groups in total. The highest BCUT2D eigenvalue weighted by Crippen LogP contribution is 2.11. The van der Waals surface area contributed by atoms with E-state index in [4.69, 9.17) is 0 Å². The number of imidazole rings is 1. The molecule has 0 atom stereocenters. The summed E-state index contributed by atoms with van der Waals surface area (Å²) in [6, 6.07) is 10.0. The lowest BCUT2D eigenvalue weighted by molar-refractivity contribution is 0.0922. The maximum atomic E-state index is 12.4. The van der Waals surface area contributed by atoms with Crippen molar-refractivity contribution in [2.75, 3.05) is 13.1 Å². The largest absolute Gasteiger partial charge is 0.348 e. The Morgan fingerprint density at radius 1 is 1.18 bits per heavy atom. The molecule has 1 aliphatic heterocycles. The Bertz CT molecular complexity index is 582. The second-order valence-corrected chi connectivity index (χ2v) is 4.98. The molecule has 2 heterocycles. The van der Waals surface area contributed by atoms with Crippen LogP contribution in [-0.2, 0) is 0 Å². The molecule has 3 rings (SSSR count). The molecule has 0 unspecified atom stereocenters. The van der Waals surface area contributed by atoms with Crippen LogP contribution in [-0.4, -0.2) is 34.6 Å². The van der Waals surface area contributed by atoms with E-state index in [1.54, 1.807) is 12.5 Å². The fourth-order valence-electron chi connectivity index (χ4n) is 2.48. The first-order chi connectivity index (χ1) is 9.84. The van der Waals surface area contributed by atoms with Gasteiger partial charge in [0.15, 0.2) is 0 Å². The molecule has 120 valence electrons. The SMILES string of the molecule is Cl.Cl.O=C(NC1CCNCC1)c1cncn1-c1ccccc1. The number of carbonyl (C=O) groups excluding carboxylic acids is 1. The van der Waals surface area contributed by atoms with Gasteiger partial charge in [0.25, 0.3) is 5.91 Å². The van der Waals surface area contributed by atoms with E-state index in [0.717, 1.165) is 31.6 Å². The lowest BCUT2D eigenvalue weighted by Crippen LogP contribution is -2.43. The number of benzene rings is 1. The maximum Gasteiger partial charge on any atom is 0.270 e. The van der Waals surface area contributed by atoms with Gasteiger partial charge in [-0.05, 0) is 38.1 Å². The Kier molecular flexibility index (Phi) is 7.38. The minimum Gasteiger partial charge on any atom is -0.348 e. The normalized spacial score (nSPS) is 14.5. The monoisotopic (exact) mass is 342 g/mol. The van der Waals surface area contributed by atoms with Crippen molar-refractivity contribution in [1.29, 1.82) is 0 Å². The molecule has 1 amide bonds. The summed E-state index contributed by atoms with van der Waals surface area (Å²) < 4.78 is 1.82. The second-order valence-electron chi connectivity index (χ2n) is 4.98. The van der Waals surface area contributed by atoms with Crippen molar-refractivity contribution in [1.82, 2.24) is 20.2 Å². The first-order valence-corrected chi connectivity index (χ1v) is 6.94. The molecule has 0 bridgehead atoms. The minimum atomic E-state index is -0.0572. The summed E-state index contributed by atoms with van der Waals surface area (Å²) >= 11 is 0. The Labute approximate surface area is 142 Å². The summed E-state index contributed by atoms with van der Waals surface area (Å²) in [5, 5.41) is 6.38. The molecule has 2 aromatic rings. The summed E-state index contributed by atoms with van der Waals surface area (Å²) in [7, 11) is 0. The molecular formula is C15H20Cl2N4O. The van der Waals surface area contributed by atoms with Crippen LogP contribution in [0, 0.1) is 0 Å². The summed E-state index contributed by atoms with van der Waals surface area (Å²) in [4.78, 5) is 16.5. The third kappa shape index (κ3) is 4.22. The smallest absolute Gasteiger partial charge is 0.270 e. The molecular weight excluding hydrogens is 323 g/mol. The Morgan fingerprint density at radius 3 is 2.55 bits per heavy atom. The van der Waals surface area contributed by atoms with Gasteiger partial charge in [0, 0.05) is 11.7 Å². The van der Waals surface area contributed by atoms with Gasteiger partial charge in [-0.25, -0.2) is 4.98 Å². The molecule has 0 spiro atoms.